The van der Waals surface area contributed by atoms with Gasteiger partial charge in [0.1, 0.15) is 8.07 Å². The third kappa shape index (κ3) is 19.1. The Labute approximate surface area is 480 Å². The summed E-state index contributed by atoms with van der Waals surface area (Å²) in [5, 5.41) is 5.34. The average molecular weight is 1090 g/mol. The first-order valence-corrected chi connectivity index (χ1v) is 32.2. The molecular formula is C67H103Cl3SiTi. The standard InChI is InChI=1S/C67H103Si.3ClH.Ti/c1-7-13-19-25-35-54-45-55(36-26-20-14-8-2)49-60(48-54)68(67-65-43-33-31-41-63(65)64-42-32-34-44-66(64)67,61-50-56(37-27-21-15-9-3)46-57(51-61)38-28-22-16-10-4)62-52-58(39-29-23-17-11-5)47-59(53-62)40-30-24-18-12-6;;;;/h31,33,41,43-53,63-67H,7-30,32,34-40,42H2,1-6H3;3*1H;/q-1;;;;+4/p-3. The van der Waals surface area contributed by atoms with Gasteiger partial charge in [0.05, 0.1) is 0 Å². The normalized spacial score (nSPS) is 18.9. The molecule has 5 unspecified atom stereocenters. The van der Waals surface area contributed by atoms with Gasteiger partial charge in [0.15, 0.2) is 0 Å². The van der Waals surface area contributed by atoms with Crippen LogP contribution in [0.3, 0.4) is 0 Å². The van der Waals surface area contributed by atoms with E-state index < -0.39 is 8.07 Å². The molecule has 400 valence electrons. The summed E-state index contributed by atoms with van der Waals surface area (Å²) in [4.78, 5) is 0. The van der Waals surface area contributed by atoms with Crippen molar-refractivity contribution in [1.82, 2.24) is 0 Å². The monoisotopic (exact) mass is 1090 g/mol. The minimum Gasteiger partial charge on any atom is -1.00 e. The maximum atomic E-state index is 2.93. The van der Waals surface area contributed by atoms with Crippen LogP contribution >= 0.6 is 0 Å². The summed E-state index contributed by atoms with van der Waals surface area (Å²) in [6.45, 7) is 14.3. The van der Waals surface area contributed by atoms with Gasteiger partial charge in [-0.2, -0.15) is 12.3 Å². The third-order valence-electron chi connectivity index (χ3n) is 17.2. The Bertz CT molecular complexity index is 1690. The molecule has 0 aromatic heterocycles. The number of hydrogen-bond donors (Lipinski definition) is 0. The number of aryl methyl sites for hydroxylation is 6. The van der Waals surface area contributed by atoms with Crippen molar-refractivity contribution in [1.29, 1.82) is 0 Å². The third-order valence-corrected chi connectivity index (χ3v) is 22.5. The second-order valence-electron chi connectivity index (χ2n) is 22.6. The van der Waals surface area contributed by atoms with Gasteiger partial charge in [-0.3, -0.25) is 0 Å². The quantitative estimate of drug-likeness (QED) is 0.0243. The second-order valence-corrected chi connectivity index (χ2v) is 26.7. The van der Waals surface area contributed by atoms with Crippen LogP contribution < -0.4 is 52.8 Å². The molecule has 5 heteroatoms. The van der Waals surface area contributed by atoms with Crippen molar-refractivity contribution in [3.8, 4) is 0 Å². The van der Waals surface area contributed by atoms with Crippen molar-refractivity contribution in [2.24, 2.45) is 23.7 Å². The zero-order valence-corrected chi connectivity index (χ0v) is 51.8. The van der Waals surface area contributed by atoms with E-state index in [0.29, 0.717) is 23.3 Å². The summed E-state index contributed by atoms with van der Waals surface area (Å²) in [5.74, 6) is 2.59. The number of rotatable bonds is 34. The van der Waals surface area contributed by atoms with Crippen LogP contribution in [0.4, 0.5) is 0 Å². The fourth-order valence-corrected chi connectivity index (χ4v) is 20.1. The molecule has 0 aliphatic heterocycles. The molecule has 72 heavy (non-hydrogen) atoms. The first kappa shape index (κ1) is 67.1. The average Bonchev–Trinajstić information content (AvgIpc) is 3.69. The van der Waals surface area contributed by atoms with E-state index in [0.717, 1.165) is 5.92 Å². The smallest absolute Gasteiger partial charge is 1.00 e. The number of benzene rings is 3. The van der Waals surface area contributed by atoms with E-state index in [1.807, 2.05) is 0 Å². The number of hydrogen-bond acceptors (Lipinski definition) is 0. The molecule has 0 bridgehead atoms. The maximum Gasteiger partial charge on any atom is 4.00 e. The predicted octanol–water partition coefficient (Wildman–Crippen LogP) is 9.27. The Morgan fingerprint density at radius 3 is 0.972 bits per heavy atom. The fourth-order valence-electron chi connectivity index (χ4n) is 13.6. The van der Waals surface area contributed by atoms with E-state index in [-0.39, 0.29) is 58.9 Å². The van der Waals surface area contributed by atoms with Gasteiger partial charge in [0.25, 0.3) is 0 Å². The van der Waals surface area contributed by atoms with Crippen LogP contribution in [-0.2, 0) is 60.2 Å². The van der Waals surface area contributed by atoms with E-state index in [1.54, 1.807) is 48.9 Å². The molecule has 0 saturated heterocycles. The number of allylic oxidation sites excluding steroid dienone is 4. The fraction of sp³-hybridized carbons (Fsp3) is 0.657. The van der Waals surface area contributed by atoms with E-state index >= 15 is 0 Å². The van der Waals surface area contributed by atoms with E-state index in [2.05, 4.69) is 127 Å². The van der Waals surface area contributed by atoms with Crippen molar-refractivity contribution >= 4 is 23.6 Å². The van der Waals surface area contributed by atoms with Crippen LogP contribution in [0.5, 0.6) is 0 Å². The Balaban J connectivity index is 0.00000444. The Morgan fingerprint density at radius 1 is 0.389 bits per heavy atom. The van der Waals surface area contributed by atoms with Gasteiger partial charge in [-0.15, -0.1) is 0 Å². The molecule has 2 saturated carbocycles. The molecule has 0 spiro atoms. The van der Waals surface area contributed by atoms with Gasteiger partial charge in [0, 0.05) is 0 Å². The summed E-state index contributed by atoms with van der Waals surface area (Å²) >= 11 is 0. The predicted molar refractivity (Wildman–Crippen MR) is 305 cm³/mol. The van der Waals surface area contributed by atoms with Gasteiger partial charge in [-0.25, -0.2) is 0 Å². The molecule has 5 atom stereocenters. The molecule has 0 radical (unpaired) electrons. The first-order valence-electron chi connectivity index (χ1n) is 30.1. The van der Waals surface area contributed by atoms with Gasteiger partial charge < -0.3 is 43.6 Å². The largest absolute Gasteiger partial charge is 4.00 e. The van der Waals surface area contributed by atoms with Crippen molar-refractivity contribution in [3.63, 3.8) is 0 Å². The zero-order valence-electron chi connectivity index (χ0n) is 46.9. The van der Waals surface area contributed by atoms with Gasteiger partial charge >= 0.3 is 21.7 Å². The Hall–Kier alpha value is -1.06. The van der Waals surface area contributed by atoms with Crippen LogP contribution in [-0.4, -0.2) is 8.07 Å². The van der Waals surface area contributed by atoms with Crippen molar-refractivity contribution in [2.75, 3.05) is 0 Å². The summed E-state index contributed by atoms with van der Waals surface area (Å²) < 4.78 is 0. The summed E-state index contributed by atoms with van der Waals surface area (Å²) in [5.41, 5.74) is 10.5. The number of halogens is 3. The molecule has 0 nitrogen and oxygen atoms in total. The molecule has 2 fully saturated rings. The minimum atomic E-state index is -2.84. The van der Waals surface area contributed by atoms with Crippen LogP contribution in [0, 0.1) is 30.1 Å². The summed E-state index contributed by atoms with van der Waals surface area (Å²) in [6.07, 6.45) is 56.6. The molecular weight excluding hydrogens is 987 g/mol. The minimum absolute atomic E-state index is 0. The molecule has 3 aliphatic carbocycles. The number of fused-ring (bicyclic) bond motifs is 3. The number of unbranched alkanes of at least 4 members (excludes halogenated alkanes) is 18. The van der Waals surface area contributed by atoms with Crippen molar-refractivity contribution < 1.29 is 58.9 Å². The van der Waals surface area contributed by atoms with Crippen molar-refractivity contribution in [2.45, 2.75) is 259 Å². The summed E-state index contributed by atoms with van der Waals surface area (Å²) in [6, 6.07) is 25.5. The van der Waals surface area contributed by atoms with E-state index in [1.165, 1.54) is 212 Å². The van der Waals surface area contributed by atoms with Crippen LogP contribution in [0.15, 0.2) is 78.9 Å². The van der Waals surface area contributed by atoms with Crippen LogP contribution in [0.2, 0.25) is 5.54 Å². The van der Waals surface area contributed by atoms with Crippen LogP contribution in [0.25, 0.3) is 0 Å². The van der Waals surface area contributed by atoms with E-state index in [9.17, 15) is 0 Å². The zero-order chi connectivity index (χ0) is 47.8. The SMILES string of the molecule is CCCCCCc1cc(CCCCCC)cc([Si](c2cc(CCCCCC)cc(CCCCCC)c2)(c2cc(CCCCCC)cc(CCCCCC)c2)C2C3C=CC=CC3C3CCC[CH-]C32)c1.[Cl-].[Cl-].[Cl-].[Ti+4]. The Morgan fingerprint density at radius 2 is 0.681 bits per heavy atom. The van der Waals surface area contributed by atoms with Crippen molar-refractivity contribution in [3.05, 3.63) is 119 Å². The first-order chi connectivity index (χ1) is 33.5. The molecule has 0 heterocycles. The van der Waals surface area contributed by atoms with Crippen LogP contribution in [0.1, 0.15) is 248 Å². The van der Waals surface area contributed by atoms with Gasteiger partial charge in [-0.05, 0) is 138 Å². The van der Waals surface area contributed by atoms with E-state index in [4.69, 9.17) is 0 Å². The molecule has 3 aromatic rings. The maximum absolute atomic E-state index is 2.93. The summed E-state index contributed by atoms with van der Waals surface area (Å²) in [7, 11) is -2.84. The molecule has 3 aliphatic rings. The Kier molecular flexibility index (Phi) is 35.1. The molecule has 0 amide bonds. The van der Waals surface area contributed by atoms with Gasteiger partial charge in [-0.1, -0.05) is 260 Å². The molecule has 3 aromatic carbocycles. The van der Waals surface area contributed by atoms with Gasteiger partial charge in [0.2, 0.25) is 0 Å². The second kappa shape index (κ2) is 37.7. The molecule has 6 rings (SSSR count). The topological polar surface area (TPSA) is 0 Å². The molecule has 0 N–H and O–H groups in total.